The Morgan fingerprint density at radius 1 is 1.53 bits per heavy atom. The molecule has 0 radical (unpaired) electrons. The van der Waals surface area contributed by atoms with Crippen molar-refractivity contribution in [1.29, 1.82) is 0 Å². The second-order valence-corrected chi connectivity index (χ2v) is 3.23. The second kappa shape index (κ2) is 4.91. The number of carbonyl (C=O) groups is 1. The Bertz CT molecular complexity index is 415. The van der Waals surface area contributed by atoms with Gasteiger partial charge in [0.1, 0.15) is 5.82 Å². The molecule has 0 atom stereocenters. The number of carboxylic acid groups (broad SMARTS) is 1. The van der Waals surface area contributed by atoms with E-state index in [-0.39, 0.29) is 16.2 Å². The van der Waals surface area contributed by atoms with Gasteiger partial charge in [-0.05, 0) is 23.8 Å². The van der Waals surface area contributed by atoms with Crippen molar-refractivity contribution in [3.8, 4) is 0 Å². The zero-order valence-corrected chi connectivity index (χ0v) is 8.33. The molecule has 0 aromatic heterocycles. The summed E-state index contributed by atoms with van der Waals surface area (Å²) in [5.74, 6) is -1.88. The summed E-state index contributed by atoms with van der Waals surface area (Å²) in [5.41, 5.74) is -0.0325. The molecule has 1 aromatic carbocycles. The monoisotopic (exact) mass is 230 g/mol. The van der Waals surface area contributed by atoms with Crippen molar-refractivity contribution in [2.45, 2.75) is 0 Å². The van der Waals surface area contributed by atoms with Crippen LogP contribution in [0.4, 0.5) is 4.39 Å². The van der Waals surface area contributed by atoms with E-state index in [2.05, 4.69) is 0 Å². The molecule has 0 saturated heterocycles. The van der Waals surface area contributed by atoms with Crippen molar-refractivity contribution in [3.63, 3.8) is 0 Å². The summed E-state index contributed by atoms with van der Waals surface area (Å²) < 4.78 is 13.3. The first-order chi connectivity index (χ1) is 7.04. The SMILES string of the molecule is O=C(O)/C=C(\CO)c1cc(Cl)ccc1F. The zero-order valence-electron chi connectivity index (χ0n) is 7.58. The van der Waals surface area contributed by atoms with Gasteiger partial charge >= 0.3 is 5.97 Å². The molecule has 0 aliphatic heterocycles. The highest BCUT2D eigenvalue weighted by Crippen LogP contribution is 2.21. The zero-order chi connectivity index (χ0) is 11.4. The smallest absolute Gasteiger partial charge is 0.328 e. The Morgan fingerprint density at radius 3 is 2.73 bits per heavy atom. The van der Waals surface area contributed by atoms with E-state index in [1.54, 1.807) is 0 Å². The number of aliphatic carboxylic acids is 1. The fraction of sp³-hybridized carbons (Fsp3) is 0.100. The molecule has 0 heterocycles. The summed E-state index contributed by atoms with van der Waals surface area (Å²) >= 11 is 5.63. The topological polar surface area (TPSA) is 57.5 Å². The highest BCUT2D eigenvalue weighted by molar-refractivity contribution is 6.30. The largest absolute Gasteiger partial charge is 0.478 e. The third kappa shape index (κ3) is 3.04. The molecule has 80 valence electrons. The molecular weight excluding hydrogens is 223 g/mol. The van der Waals surface area contributed by atoms with Gasteiger partial charge in [0, 0.05) is 16.7 Å². The number of hydrogen-bond donors (Lipinski definition) is 2. The quantitative estimate of drug-likeness (QED) is 0.781. The third-order valence-electron chi connectivity index (χ3n) is 1.74. The minimum Gasteiger partial charge on any atom is -0.478 e. The Hall–Kier alpha value is -1.39. The van der Waals surface area contributed by atoms with Crippen LogP contribution in [-0.2, 0) is 4.79 Å². The molecule has 15 heavy (non-hydrogen) atoms. The Kier molecular flexibility index (Phi) is 3.82. The first kappa shape index (κ1) is 11.7. The van der Waals surface area contributed by atoms with Crippen LogP contribution >= 0.6 is 11.6 Å². The van der Waals surface area contributed by atoms with E-state index in [0.717, 1.165) is 12.1 Å². The second-order valence-electron chi connectivity index (χ2n) is 2.79. The Balaban J connectivity index is 3.23. The summed E-state index contributed by atoms with van der Waals surface area (Å²) in [6.45, 7) is -0.566. The molecule has 1 rings (SSSR count). The first-order valence-corrected chi connectivity index (χ1v) is 4.42. The maximum absolute atomic E-state index is 13.3. The maximum Gasteiger partial charge on any atom is 0.328 e. The van der Waals surface area contributed by atoms with Gasteiger partial charge in [-0.15, -0.1) is 0 Å². The summed E-state index contributed by atoms with van der Waals surface area (Å²) in [7, 11) is 0. The minimum absolute atomic E-state index is 0.00704. The lowest BCUT2D eigenvalue weighted by molar-refractivity contribution is -0.131. The van der Waals surface area contributed by atoms with Crippen molar-refractivity contribution in [2.75, 3.05) is 6.61 Å². The van der Waals surface area contributed by atoms with Crippen molar-refractivity contribution < 1.29 is 19.4 Å². The number of carboxylic acids is 1. The van der Waals surface area contributed by atoms with E-state index in [9.17, 15) is 9.18 Å². The number of halogens is 2. The van der Waals surface area contributed by atoms with Gasteiger partial charge in [-0.2, -0.15) is 0 Å². The minimum atomic E-state index is -1.25. The maximum atomic E-state index is 13.3. The van der Waals surface area contributed by atoms with Crippen molar-refractivity contribution in [2.24, 2.45) is 0 Å². The van der Waals surface area contributed by atoms with Gasteiger partial charge in [0.15, 0.2) is 0 Å². The van der Waals surface area contributed by atoms with Crippen LogP contribution in [0, 0.1) is 5.82 Å². The highest BCUT2D eigenvalue weighted by atomic mass is 35.5. The summed E-state index contributed by atoms with van der Waals surface area (Å²) in [4.78, 5) is 10.4. The average Bonchev–Trinajstić information content (AvgIpc) is 2.18. The van der Waals surface area contributed by atoms with Gasteiger partial charge in [0.05, 0.1) is 6.61 Å². The predicted molar refractivity (Wildman–Crippen MR) is 54.1 cm³/mol. The molecule has 2 N–H and O–H groups in total. The van der Waals surface area contributed by atoms with Gasteiger partial charge in [-0.25, -0.2) is 9.18 Å². The number of hydrogen-bond acceptors (Lipinski definition) is 2. The normalized spacial score (nSPS) is 11.5. The van der Waals surface area contributed by atoms with Gasteiger partial charge in [0.25, 0.3) is 0 Å². The van der Waals surface area contributed by atoms with E-state index in [4.69, 9.17) is 21.8 Å². The molecule has 0 amide bonds. The van der Waals surface area contributed by atoms with Crippen LogP contribution in [0.25, 0.3) is 5.57 Å². The molecule has 0 unspecified atom stereocenters. The fourth-order valence-corrected chi connectivity index (χ4v) is 1.27. The average molecular weight is 231 g/mol. The lowest BCUT2D eigenvalue weighted by Crippen LogP contribution is -1.99. The van der Waals surface area contributed by atoms with E-state index < -0.39 is 18.4 Å². The predicted octanol–water partition coefficient (Wildman–Crippen LogP) is 1.94. The number of rotatable bonds is 3. The van der Waals surface area contributed by atoms with Crippen LogP contribution in [0.3, 0.4) is 0 Å². The number of aliphatic hydroxyl groups excluding tert-OH is 1. The molecule has 0 fully saturated rings. The van der Waals surface area contributed by atoms with Gasteiger partial charge < -0.3 is 10.2 Å². The van der Waals surface area contributed by atoms with Crippen LogP contribution in [0.2, 0.25) is 5.02 Å². The van der Waals surface area contributed by atoms with Crippen molar-refractivity contribution in [1.82, 2.24) is 0 Å². The lowest BCUT2D eigenvalue weighted by Gasteiger charge is -2.05. The molecule has 0 saturated carbocycles. The molecule has 0 aliphatic carbocycles. The molecular formula is C10H8ClFO3. The fourth-order valence-electron chi connectivity index (χ4n) is 1.10. The van der Waals surface area contributed by atoms with E-state index in [1.165, 1.54) is 12.1 Å². The standard InChI is InChI=1S/C10H8ClFO3/c11-7-1-2-9(12)8(4-7)6(5-13)3-10(14)15/h1-4,13H,5H2,(H,14,15)/b6-3+. The molecule has 0 bridgehead atoms. The number of aliphatic hydroxyl groups is 1. The van der Waals surface area contributed by atoms with E-state index >= 15 is 0 Å². The summed E-state index contributed by atoms with van der Waals surface area (Å²) in [5, 5.41) is 17.7. The van der Waals surface area contributed by atoms with Crippen LogP contribution in [0.15, 0.2) is 24.3 Å². The van der Waals surface area contributed by atoms with Crippen LogP contribution in [0.1, 0.15) is 5.56 Å². The molecule has 0 aliphatic rings. The Morgan fingerprint density at radius 2 is 2.20 bits per heavy atom. The molecule has 1 aromatic rings. The molecule has 3 nitrogen and oxygen atoms in total. The van der Waals surface area contributed by atoms with Crippen molar-refractivity contribution >= 4 is 23.1 Å². The van der Waals surface area contributed by atoms with E-state index in [0.29, 0.717) is 0 Å². The summed E-state index contributed by atoms with van der Waals surface area (Å²) in [6, 6.07) is 3.72. The first-order valence-electron chi connectivity index (χ1n) is 4.04. The van der Waals surface area contributed by atoms with Crippen molar-refractivity contribution in [3.05, 3.63) is 40.7 Å². The highest BCUT2D eigenvalue weighted by Gasteiger charge is 2.09. The molecule has 0 spiro atoms. The van der Waals surface area contributed by atoms with Gasteiger partial charge in [-0.3, -0.25) is 0 Å². The van der Waals surface area contributed by atoms with Gasteiger partial charge in [0.2, 0.25) is 0 Å². The summed E-state index contributed by atoms with van der Waals surface area (Å²) in [6.07, 6.45) is 0.745. The number of benzene rings is 1. The molecule has 5 heteroatoms. The van der Waals surface area contributed by atoms with Gasteiger partial charge in [-0.1, -0.05) is 11.6 Å². The van der Waals surface area contributed by atoms with Crippen LogP contribution in [-0.4, -0.2) is 22.8 Å². The Labute approximate surface area is 90.4 Å². The van der Waals surface area contributed by atoms with Crippen LogP contribution in [0.5, 0.6) is 0 Å². The lowest BCUT2D eigenvalue weighted by atomic mass is 10.1. The van der Waals surface area contributed by atoms with Crippen LogP contribution < -0.4 is 0 Å². The third-order valence-corrected chi connectivity index (χ3v) is 1.98. The van der Waals surface area contributed by atoms with E-state index in [1.807, 2.05) is 0 Å².